The number of nitrogens with zero attached hydrogens (tertiary/aromatic N) is 4. The summed E-state index contributed by atoms with van der Waals surface area (Å²) in [5, 5.41) is 8.19. The van der Waals surface area contributed by atoms with Crippen molar-refractivity contribution in [2.24, 2.45) is 4.99 Å². The molecule has 9 nitrogen and oxygen atoms in total. The predicted octanol–water partition coefficient (Wildman–Crippen LogP) is 1.77. The van der Waals surface area contributed by atoms with Gasteiger partial charge in [0.15, 0.2) is 5.96 Å². The van der Waals surface area contributed by atoms with Crippen molar-refractivity contribution < 1.29 is 12.9 Å². The summed E-state index contributed by atoms with van der Waals surface area (Å²) in [4.78, 5) is 10.3. The van der Waals surface area contributed by atoms with Gasteiger partial charge in [0.2, 0.25) is 10.0 Å². The Balaban J connectivity index is 1.39. The average Bonchev–Trinajstić information content (AvgIpc) is 3.40. The molecule has 1 aromatic carbocycles. The fourth-order valence-corrected chi connectivity index (χ4v) is 5.00. The van der Waals surface area contributed by atoms with E-state index in [0.29, 0.717) is 38.4 Å². The summed E-state index contributed by atoms with van der Waals surface area (Å²) in [5.41, 5.74) is 2.56. The van der Waals surface area contributed by atoms with Crippen LogP contribution in [0, 0.1) is 0 Å². The number of piperazine rings is 1. The number of rotatable bonds is 6. The van der Waals surface area contributed by atoms with Crippen LogP contribution in [0.15, 0.2) is 52.2 Å². The van der Waals surface area contributed by atoms with Crippen LogP contribution >= 0.6 is 0 Å². The van der Waals surface area contributed by atoms with Crippen LogP contribution in [0.25, 0.3) is 10.9 Å². The van der Waals surface area contributed by atoms with Crippen molar-refractivity contribution in [2.45, 2.75) is 19.2 Å². The Bertz CT molecular complexity index is 1070. The molecular formula is C20H26N6O3S. The molecule has 3 heterocycles. The van der Waals surface area contributed by atoms with Gasteiger partial charge in [-0.15, -0.1) is 0 Å². The van der Waals surface area contributed by atoms with Crippen molar-refractivity contribution in [3.8, 4) is 0 Å². The lowest BCUT2D eigenvalue weighted by atomic mass is 10.2. The van der Waals surface area contributed by atoms with E-state index in [9.17, 15) is 8.42 Å². The van der Waals surface area contributed by atoms with Gasteiger partial charge in [0.25, 0.3) is 0 Å². The molecule has 0 radical (unpaired) electrons. The Morgan fingerprint density at radius 1 is 1.23 bits per heavy atom. The molecule has 0 unspecified atom stereocenters. The first kappa shape index (κ1) is 20.4. The summed E-state index contributed by atoms with van der Waals surface area (Å²) in [6, 6.07) is 11.8. The van der Waals surface area contributed by atoms with Gasteiger partial charge in [0, 0.05) is 50.0 Å². The van der Waals surface area contributed by atoms with Crippen LogP contribution in [-0.4, -0.2) is 66.4 Å². The lowest BCUT2D eigenvalue weighted by molar-refractivity contribution is 0.259. The van der Waals surface area contributed by atoms with Crippen molar-refractivity contribution >= 4 is 26.9 Å². The summed E-state index contributed by atoms with van der Waals surface area (Å²) in [6.45, 7) is 5.29. The molecule has 160 valence electrons. The van der Waals surface area contributed by atoms with Crippen LogP contribution in [0.4, 0.5) is 0 Å². The number of nitrogens with one attached hydrogen (secondary N) is 2. The molecular weight excluding hydrogens is 404 g/mol. The molecule has 1 aliphatic heterocycles. The van der Waals surface area contributed by atoms with E-state index in [-0.39, 0.29) is 5.75 Å². The van der Waals surface area contributed by atoms with E-state index >= 15 is 0 Å². The van der Waals surface area contributed by atoms with E-state index in [1.807, 2.05) is 25.1 Å². The second kappa shape index (κ2) is 8.88. The smallest absolute Gasteiger partial charge is 0.220 e. The van der Waals surface area contributed by atoms with Crippen molar-refractivity contribution in [3.05, 3.63) is 54.0 Å². The Morgan fingerprint density at radius 3 is 2.73 bits per heavy atom. The standard InChI is InChI=1S/C20H26N6O3S/c1-2-21-20(22-14-18-13-16-5-3-4-6-19(16)23-18)25-8-10-26(11-9-25)30(27,28)15-17-7-12-29-24-17/h3-7,12-13,23H,2,8-11,14-15H2,1H3,(H,21,22). The highest BCUT2D eigenvalue weighted by molar-refractivity contribution is 7.88. The molecule has 3 aromatic rings. The summed E-state index contributed by atoms with van der Waals surface area (Å²) in [7, 11) is -3.42. The predicted molar refractivity (Wildman–Crippen MR) is 115 cm³/mol. The van der Waals surface area contributed by atoms with E-state index in [1.165, 1.54) is 16.0 Å². The highest BCUT2D eigenvalue weighted by Gasteiger charge is 2.29. The Morgan fingerprint density at radius 2 is 2.03 bits per heavy atom. The quantitative estimate of drug-likeness (QED) is 0.456. The number of aromatic amines is 1. The van der Waals surface area contributed by atoms with Crippen molar-refractivity contribution in [3.63, 3.8) is 0 Å². The fraction of sp³-hybridized carbons (Fsp3) is 0.400. The van der Waals surface area contributed by atoms with E-state index in [0.717, 1.165) is 23.7 Å². The van der Waals surface area contributed by atoms with Crippen molar-refractivity contribution in [2.75, 3.05) is 32.7 Å². The molecule has 2 N–H and O–H groups in total. The van der Waals surface area contributed by atoms with Crippen molar-refractivity contribution in [1.82, 2.24) is 24.7 Å². The number of benzene rings is 1. The highest BCUT2D eigenvalue weighted by atomic mass is 32.2. The molecule has 30 heavy (non-hydrogen) atoms. The van der Waals surface area contributed by atoms with Crippen LogP contribution in [-0.2, 0) is 22.3 Å². The second-order valence-electron chi connectivity index (χ2n) is 7.19. The zero-order valence-corrected chi connectivity index (χ0v) is 17.7. The number of hydrogen-bond acceptors (Lipinski definition) is 5. The van der Waals surface area contributed by atoms with Gasteiger partial charge in [0.05, 0.1) is 12.2 Å². The normalized spacial score (nSPS) is 16.3. The van der Waals surface area contributed by atoms with Gasteiger partial charge in [0.1, 0.15) is 12.0 Å². The molecule has 0 amide bonds. The number of fused-ring (bicyclic) bond motifs is 1. The third kappa shape index (κ3) is 4.65. The minimum atomic E-state index is -3.42. The first-order valence-corrected chi connectivity index (χ1v) is 11.6. The van der Waals surface area contributed by atoms with Gasteiger partial charge in [-0.25, -0.2) is 13.4 Å². The third-order valence-electron chi connectivity index (χ3n) is 5.07. The topological polar surface area (TPSA) is 107 Å². The Labute approximate surface area is 175 Å². The van der Waals surface area contributed by atoms with Gasteiger partial charge in [-0.3, -0.25) is 0 Å². The number of guanidine groups is 1. The van der Waals surface area contributed by atoms with Gasteiger partial charge in [-0.05, 0) is 24.4 Å². The maximum Gasteiger partial charge on any atom is 0.220 e. The van der Waals surface area contributed by atoms with Gasteiger partial charge in [-0.1, -0.05) is 23.4 Å². The van der Waals surface area contributed by atoms with Crippen LogP contribution in [0.3, 0.4) is 0 Å². The number of aromatic nitrogens is 2. The van der Waals surface area contributed by atoms with Crippen LogP contribution in [0.2, 0.25) is 0 Å². The molecule has 10 heteroatoms. The van der Waals surface area contributed by atoms with Crippen LogP contribution < -0.4 is 5.32 Å². The minimum absolute atomic E-state index is 0.141. The van der Waals surface area contributed by atoms with E-state index in [2.05, 4.69) is 32.5 Å². The second-order valence-corrected chi connectivity index (χ2v) is 9.15. The summed E-state index contributed by atoms with van der Waals surface area (Å²) < 4.78 is 31.5. The molecule has 1 saturated heterocycles. The zero-order chi connectivity index (χ0) is 21.0. The van der Waals surface area contributed by atoms with E-state index < -0.39 is 10.0 Å². The molecule has 2 aromatic heterocycles. The average molecular weight is 431 g/mol. The number of hydrogen-bond donors (Lipinski definition) is 2. The molecule has 1 aliphatic rings. The lowest BCUT2D eigenvalue weighted by Gasteiger charge is -2.35. The van der Waals surface area contributed by atoms with Crippen LogP contribution in [0.5, 0.6) is 0 Å². The monoisotopic (exact) mass is 430 g/mol. The van der Waals surface area contributed by atoms with Crippen LogP contribution in [0.1, 0.15) is 18.3 Å². The first-order chi connectivity index (χ1) is 14.5. The Kier molecular flexibility index (Phi) is 6.05. The summed E-state index contributed by atoms with van der Waals surface area (Å²) in [6.07, 6.45) is 1.38. The number of para-hydroxylation sites is 1. The molecule has 0 saturated carbocycles. The van der Waals surface area contributed by atoms with E-state index in [4.69, 9.17) is 9.52 Å². The fourth-order valence-electron chi connectivity index (χ4n) is 3.57. The summed E-state index contributed by atoms with van der Waals surface area (Å²) in [5.74, 6) is 0.655. The molecule has 0 spiro atoms. The van der Waals surface area contributed by atoms with Gasteiger partial charge in [-0.2, -0.15) is 4.31 Å². The molecule has 4 rings (SSSR count). The maximum absolute atomic E-state index is 12.6. The minimum Gasteiger partial charge on any atom is -0.364 e. The van der Waals surface area contributed by atoms with Crippen molar-refractivity contribution in [1.29, 1.82) is 0 Å². The SMILES string of the molecule is CCNC(=NCc1cc2ccccc2[nH]1)N1CCN(S(=O)(=O)Cc2ccon2)CC1. The molecule has 0 bridgehead atoms. The number of sulfonamides is 1. The number of H-pyrrole nitrogens is 1. The van der Waals surface area contributed by atoms with E-state index in [1.54, 1.807) is 6.07 Å². The van der Waals surface area contributed by atoms with Gasteiger partial charge < -0.3 is 19.7 Å². The first-order valence-electron chi connectivity index (χ1n) is 10.0. The molecule has 0 aliphatic carbocycles. The highest BCUT2D eigenvalue weighted by Crippen LogP contribution is 2.16. The summed E-state index contributed by atoms with van der Waals surface area (Å²) >= 11 is 0. The zero-order valence-electron chi connectivity index (χ0n) is 16.9. The number of aliphatic imine (C=N–C) groups is 1. The maximum atomic E-state index is 12.6. The Hall–Kier alpha value is -2.85. The van der Waals surface area contributed by atoms with Gasteiger partial charge >= 0.3 is 0 Å². The largest absolute Gasteiger partial charge is 0.364 e. The lowest BCUT2D eigenvalue weighted by Crippen LogP contribution is -2.53. The molecule has 0 atom stereocenters. The molecule has 1 fully saturated rings. The third-order valence-corrected chi connectivity index (χ3v) is 6.89.